The Morgan fingerprint density at radius 3 is 2.69 bits per heavy atom. The lowest BCUT2D eigenvalue weighted by atomic mass is 9.98. The van der Waals surface area contributed by atoms with Crippen molar-refractivity contribution in [2.75, 3.05) is 6.54 Å². The van der Waals surface area contributed by atoms with Crippen molar-refractivity contribution >= 4 is 11.8 Å². The topological polar surface area (TPSA) is 79.0 Å². The highest BCUT2D eigenvalue weighted by Crippen LogP contribution is 2.18. The first-order valence-electron chi connectivity index (χ1n) is 5.34. The van der Waals surface area contributed by atoms with Crippen LogP contribution in [0, 0.1) is 5.92 Å². The highest BCUT2D eigenvalue weighted by molar-refractivity contribution is 5.97. The molecule has 1 fully saturated rings. The van der Waals surface area contributed by atoms with Crippen molar-refractivity contribution in [3.8, 4) is 0 Å². The first kappa shape index (κ1) is 10.8. The third-order valence-corrected chi connectivity index (χ3v) is 2.69. The summed E-state index contributed by atoms with van der Waals surface area (Å²) in [4.78, 5) is 28.5. The molecule has 16 heavy (non-hydrogen) atoms. The van der Waals surface area contributed by atoms with Gasteiger partial charge in [-0.05, 0) is 5.92 Å². The van der Waals surface area contributed by atoms with Crippen LogP contribution in [0.2, 0.25) is 0 Å². The summed E-state index contributed by atoms with van der Waals surface area (Å²) in [6.45, 7) is 2.31. The number of likely N-dealkylation sites (tertiary alicyclic amines) is 1. The number of aromatic nitrogens is 3. The molecule has 1 saturated heterocycles. The van der Waals surface area contributed by atoms with Crippen molar-refractivity contribution < 1.29 is 9.59 Å². The maximum absolute atomic E-state index is 11.6. The van der Waals surface area contributed by atoms with Crippen LogP contribution in [0.1, 0.15) is 25.6 Å². The van der Waals surface area contributed by atoms with E-state index in [1.54, 1.807) is 0 Å². The standard InChI is InChI=1S/C10H14N4O2/c1-7-4-9(15)14(10(16)5-7)3-2-8-11-6-12-13-8/h6-7H,2-5H2,1H3,(H,11,12,13). The third-order valence-electron chi connectivity index (χ3n) is 2.69. The number of aromatic amines is 1. The number of piperidine rings is 1. The molecule has 0 atom stereocenters. The number of H-pyrrole nitrogens is 1. The summed E-state index contributed by atoms with van der Waals surface area (Å²) in [5, 5.41) is 6.42. The maximum Gasteiger partial charge on any atom is 0.229 e. The fraction of sp³-hybridized carbons (Fsp3) is 0.600. The van der Waals surface area contributed by atoms with E-state index in [9.17, 15) is 9.59 Å². The van der Waals surface area contributed by atoms with Crippen LogP contribution in [0.15, 0.2) is 6.33 Å². The molecule has 86 valence electrons. The number of hydrogen-bond donors (Lipinski definition) is 1. The summed E-state index contributed by atoms with van der Waals surface area (Å²) in [6, 6.07) is 0. The Labute approximate surface area is 93.0 Å². The monoisotopic (exact) mass is 222 g/mol. The first-order chi connectivity index (χ1) is 7.66. The molecule has 0 aliphatic carbocycles. The highest BCUT2D eigenvalue weighted by Gasteiger charge is 2.29. The normalized spacial score (nSPS) is 18.2. The second-order valence-electron chi connectivity index (χ2n) is 4.13. The molecule has 0 aromatic carbocycles. The number of rotatable bonds is 3. The quantitative estimate of drug-likeness (QED) is 0.737. The molecule has 2 amide bonds. The van der Waals surface area contributed by atoms with Crippen molar-refractivity contribution in [3.05, 3.63) is 12.2 Å². The van der Waals surface area contributed by atoms with Gasteiger partial charge in [-0.25, -0.2) is 4.98 Å². The van der Waals surface area contributed by atoms with Gasteiger partial charge in [0, 0.05) is 25.8 Å². The number of hydrogen-bond acceptors (Lipinski definition) is 4. The van der Waals surface area contributed by atoms with Gasteiger partial charge in [0.2, 0.25) is 11.8 Å². The van der Waals surface area contributed by atoms with Crippen molar-refractivity contribution in [1.82, 2.24) is 20.1 Å². The number of nitrogens with one attached hydrogen (secondary N) is 1. The van der Waals surface area contributed by atoms with Gasteiger partial charge in [-0.3, -0.25) is 19.6 Å². The lowest BCUT2D eigenvalue weighted by molar-refractivity contribution is -0.149. The highest BCUT2D eigenvalue weighted by atomic mass is 16.2. The second-order valence-corrected chi connectivity index (χ2v) is 4.13. The van der Waals surface area contributed by atoms with E-state index in [0.717, 1.165) is 0 Å². The SMILES string of the molecule is CC1CC(=O)N(CCc2ncn[nH]2)C(=O)C1. The van der Waals surface area contributed by atoms with Gasteiger partial charge in [0.1, 0.15) is 12.2 Å². The minimum absolute atomic E-state index is 0.0803. The summed E-state index contributed by atoms with van der Waals surface area (Å²) in [6.07, 6.45) is 2.87. The Hall–Kier alpha value is -1.72. The number of nitrogens with zero attached hydrogens (tertiary/aromatic N) is 3. The lowest BCUT2D eigenvalue weighted by Crippen LogP contribution is -2.43. The molecule has 0 unspecified atom stereocenters. The molecule has 0 spiro atoms. The summed E-state index contributed by atoms with van der Waals surface area (Å²) >= 11 is 0. The fourth-order valence-corrected chi connectivity index (χ4v) is 1.85. The predicted molar refractivity (Wildman–Crippen MR) is 55.2 cm³/mol. The zero-order valence-electron chi connectivity index (χ0n) is 9.14. The van der Waals surface area contributed by atoms with Gasteiger partial charge in [-0.15, -0.1) is 0 Å². The van der Waals surface area contributed by atoms with Crippen LogP contribution in [0.25, 0.3) is 0 Å². The van der Waals surface area contributed by atoms with E-state index in [4.69, 9.17) is 0 Å². The minimum atomic E-state index is -0.0803. The molecule has 1 aliphatic heterocycles. The van der Waals surface area contributed by atoms with E-state index in [0.29, 0.717) is 31.6 Å². The Morgan fingerprint density at radius 2 is 2.12 bits per heavy atom. The van der Waals surface area contributed by atoms with Gasteiger partial charge >= 0.3 is 0 Å². The van der Waals surface area contributed by atoms with Gasteiger partial charge < -0.3 is 0 Å². The Bertz CT molecular complexity index is 370. The second kappa shape index (κ2) is 4.42. The van der Waals surface area contributed by atoms with E-state index in [2.05, 4.69) is 15.2 Å². The fourth-order valence-electron chi connectivity index (χ4n) is 1.85. The number of carbonyl (C=O) groups is 2. The largest absolute Gasteiger partial charge is 0.282 e. The molecule has 1 aromatic rings. The Morgan fingerprint density at radius 1 is 1.44 bits per heavy atom. The molecule has 2 rings (SSSR count). The minimum Gasteiger partial charge on any atom is -0.282 e. The van der Waals surface area contributed by atoms with Crippen LogP contribution in [-0.2, 0) is 16.0 Å². The Balaban J connectivity index is 1.93. The summed E-state index contributed by atoms with van der Waals surface area (Å²) < 4.78 is 0. The van der Waals surface area contributed by atoms with Crippen molar-refractivity contribution in [2.24, 2.45) is 5.92 Å². The van der Waals surface area contributed by atoms with Crippen LogP contribution in [0.3, 0.4) is 0 Å². The molecule has 1 aromatic heterocycles. The van der Waals surface area contributed by atoms with Crippen LogP contribution in [0.5, 0.6) is 0 Å². The molecule has 0 radical (unpaired) electrons. The number of amides is 2. The van der Waals surface area contributed by atoms with Crippen LogP contribution in [-0.4, -0.2) is 38.4 Å². The summed E-state index contributed by atoms with van der Waals surface area (Å²) in [5.41, 5.74) is 0. The molecular weight excluding hydrogens is 208 g/mol. The van der Waals surface area contributed by atoms with E-state index in [1.807, 2.05) is 6.92 Å². The zero-order chi connectivity index (χ0) is 11.5. The molecule has 2 heterocycles. The molecule has 0 bridgehead atoms. The van der Waals surface area contributed by atoms with Crippen LogP contribution < -0.4 is 0 Å². The molecule has 0 saturated carbocycles. The molecule has 6 heteroatoms. The smallest absolute Gasteiger partial charge is 0.229 e. The van der Waals surface area contributed by atoms with E-state index >= 15 is 0 Å². The molecule has 6 nitrogen and oxygen atoms in total. The van der Waals surface area contributed by atoms with Gasteiger partial charge in [-0.2, -0.15) is 5.10 Å². The Kier molecular flexibility index (Phi) is 2.98. The average molecular weight is 222 g/mol. The molecule has 1 N–H and O–H groups in total. The van der Waals surface area contributed by atoms with Gasteiger partial charge in [0.05, 0.1) is 0 Å². The number of imide groups is 1. The summed E-state index contributed by atoms with van der Waals surface area (Å²) in [5.74, 6) is 0.701. The first-order valence-corrected chi connectivity index (χ1v) is 5.34. The van der Waals surface area contributed by atoms with Crippen LogP contribution >= 0.6 is 0 Å². The molecular formula is C10H14N4O2. The molecule has 1 aliphatic rings. The summed E-state index contributed by atoms with van der Waals surface area (Å²) in [7, 11) is 0. The van der Waals surface area contributed by atoms with Crippen molar-refractivity contribution in [1.29, 1.82) is 0 Å². The van der Waals surface area contributed by atoms with Crippen LogP contribution in [0.4, 0.5) is 0 Å². The zero-order valence-corrected chi connectivity index (χ0v) is 9.14. The lowest BCUT2D eigenvalue weighted by Gasteiger charge is -2.27. The third kappa shape index (κ3) is 2.26. The average Bonchev–Trinajstić information content (AvgIpc) is 2.68. The van der Waals surface area contributed by atoms with Gasteiger partial charge in [0.15, 0.2) is 0 Å². The van der Waals surface area contributed by atoms with Crippen molar-refractivity contribution in [3.63, 3.8) is 0 Å². The predicted octanol–water partition coefficient (Wildman–Crippen LogP) is 0.132. The van der Waals surface area contributed by atoms with Gasteiger partial charge in [-0.1, -0.05) is 6.92 Å². The van der Waals surface area contributed by atoms with Gasteiger partial charge in [0.25, 0.3) is 0 Å². The van der Waals surface area contributed by atoms with E-state index in [-0.39, 0.29) is 17.7 Å². The maximum atomic E-state index is 11.6. The van der Waals surface area contributed by atoms with E-state index in [1.165, 1.54) is 11.2 Å². The van der Waals surface area contributed by atoms with Crippen molar-refractivity contribution in [2.45, 2.75) is 26.2 Å². The van der Waals surface area contributed by atoms with E-state index < -0.39 is 0 Å². The number of carbonyl (C=O) groups excluding carboxylic acids is 2.